The Hall–Kier alpha value is -1.72. The van der Waals surface area contributed by atoms with Crippen LogP contribution in [0.2, 0.25) is 0 Å². The molecule has 0 amide bonds. The lowest BCUT2D eigenvalue weighted by Gasteiger charge is -2.32. The number of hydrogen-bond acceptors (Lipinski definition) is 4. The smallest absolute Gasteiger partial charge is 0.0681 e. The first-order valence-corrected chi connectivity index (χ1v) is 9.56. The summed E-state index contributed by atoms with van der Waals surface area (Å²) < 4.78 is 0. The Labute approximate surface area is 157 Å². The zero-order valence-corrected chi connectivity index (χ0v) is 16.0. The van der Waals surface area contributed by atoms with E-state index >= 15 is 0 Å². The molecule has 2 aromatic rings. The van der Waals surface area contributed by atoms with Crippen LogP contribution in [-0.2, 0) is 19.7 Å². The second kappa shape index (κ2) is 9.28. The number of nitrogens with zero attached hydrogens (tertiary/aromatic N) is 2. The van der Waals surface area contributed by atoms with Crippen molar-refractivity contribution in [2.24, 2.45) is 0 Å². The highest BCUT2D eigenvalue weighted by Crippen LogP contribution is 2.16. The van der Waals surface area contributed by atoms with E-state index < -0.39 is 0 Å². The molecule has 0 unspecified atom stereocenters. The molecule has 0 saturated carbocycles. The van der Waals surface area contributed by atoms with Gasteiger partial charge in [0.1, 0.15) is 0 Å². The van der Waals surface area contributed by atoms with Gasteiger partial charge in [-0.15, -0.1) is 0 Å². The summed E-state index contributed by atoms with van der Waals surface area (Å²) in [4.78, 5) is 4.92. The van der Waals surface area contributed by atoms with Gasteiger partial charge in [-0.2, -0.15) is 0 Å². The highest BCUT2D eigenvalue weighted by Gasteiger charge is 2.13. The summed E-state index contributed by atoms with van der Waals surface area (Å²) in [5, 5.41) is 12.9. The van der Waals surface area contributed by atoms with E-state index in [-0.39, 0.29) is 12.6 Å². The fourth-order valence-corrected chi connectivity index (χ4v) is 3.38. The normalized spacial score (nSPS) is 17.3. The van der Waals surface area contributed by atoms with Gasteiger partial charge in [-0.1, -0.05) is 48.5 Å². The number of benzene rings is 2. The van der Waals surface area contributed by atoms with Gasteiger partial charge in [-0.3, -0.25) is 4.90 Å². The molecule has 1 heterocycles. The number of likely N-dealkylation sites (N-methyl/N-ethyl adjacent to an activating group) is 1. The quantitative estimate of drug-likeness (QED) is 0.803. The molecule has 140 valence electrons. The van der Waals surface area contributed by atoms with Crippen molar-refractivity contribution in [2.45, 2.75) is 32.7 Å². The minimum atomic E-state index is 0.0926. The van der Waals surface area contributed by atoms with Gasteiger partial charge < -0.3 is 15.3 Å². The van der Waals surface area contributed by atoms with E-state index in [0.29, 0.717) is 0 Å². The van der Waals surface area contributed by atoms with E-state index in [0.717, 1.165) is 44.8 Å². The lowest BCUT2D eigenvalue weighted by molar-refractivity contribution is 0.148. The van der Waals surface area contributed by atoms with Crippen LogP contribution in [0.4, 0.5) is 0 Å². The number of aliphatic hydroxyl groups is 1. The van der Waals surface area contributed by atoms with E-state index in [4.69, 9.17) is 0 Å². The van der Waals surface area contributed by atoms with Gasteiger partial charge in [0.25, 0.3) is 0 Å². The van der Waals surface area contributed by atoms with Gasteiger partial charge in [0.2, 0.25) is 0 Å². The van der Waals surface area contributed by atoms with Crippen LogP contribution < -0.4 is 5.32 Å². The molecule has 2 aromatic carbocycles. The Kier molecular flexibility index (Phi) is 6.80. The van der Waals surface area contributed by atoms with E-state index in [1.807, 2.05) is 12.1 Å². The maximum Gasteiger partial charge on any atom is 0.0681 e. The van der Waals surface area contributed by atoms with Gasteiger partial charge in [0.15, 0.2) is 0 Å². The summed E-state index contributed by atoms with van der Waals surface area (Å²) in [7, 11) is 2.19. The molecule has 0 spiro atoms. The van der Waals surface area contributed by atoms with Crippen LogP contribution in [0.25, 0.3) is 0 Å². The standard InChI is InChI=1S/C22H31N3O/c1-18(22-5-3-4-21(14-22)17-26)23-15-19-6-8-20(9-7-19)16-25-12-10-24(2)11-13-25/h3-9,14,18,23,26H,10-13,15-17H2,1-2H3/t18-/m0/s1. The summed E-state index contributed by atoms with van der Waals surface area (Å²) in [6, 6.07) is 17.4. The summed E-state index contributed by atoms with van der Waals surface area (Å²) in [6.07, 6.45) is 0. The SMILES string of the molecule is C[C@H](NCc1ccc(CN2CCN(C)CC2)cc1)c1cccc(CO)c1. The third-order valence-electron chi connectivity index (χ3n) is 5.27. The van der Waals surface area contributed by atoms with Gasteiger partial charge in [0, 0.05) is 45.3 Å². The van der Waals surface area contributed by atoms with Gasteiger partial charge in [-0.05, 0) is 36.2 Å². The van der Waals surface area contributed by atoms with E-state index in [1.54, 1.807) is 0 Å². The fourth-order valence-electron chi connectivity index (χ4n) is 3.38. The van der Waals surface area contributed by atoms with Crippen molar-refractivity contribution < 1.29 is 5.11 Å². The highest BCUT2D eigenvalue weighted by molar-refractivity contribution is 5.26. The predicted molar refractivity (Wildman–Crippen MR) is 107 cm³/mol. The fraction of sp³-hybridized carbons (Fsp3) is 0.455. The van der Waals surface area contributed by atoms with E-state index in [1.165, 1.54) is 16.7 Å². The number of rotatable bonds is 7. The number of aliphatic hydroxyl groups excluding tert-OH is 1. The van der Waals surface area contributed by atoms with Crippen LogP contribution in [0.5, 0.6) is 0 Å². The van der Waals surface area contributed by atoms with Gasteiger partial charge >= 0.3 is 0 Å². The van der Waals surface area contributed by atoms with Crippen molar-refractivity contribution in [2.75, 3.05) is 33.2 Å². The Morgan fingerprint density at radius 3 is 2.35 bits per heavy atom. The average molecular weight is 354 g/mol. The molecule has 0 aromatic heterocycles. The maximum atomic E-state index is 9.28. The topological polar surface area (TPSA) is 38.7 Å². The lowest BCUT2D eigenvalue weighted by atomic mass is 10.0. The van der Waals surface area contributed by atoms with Gasteiger partial charge in [0.05, 0.1) is 6.61 Å². The van der Waals surface area contributed by atoms with Crippen LogP contribution in [0.15, 0.2) is 48.5 Å². The summed E-state index contributed by atoms with van der Waals surface area (Å²) in [6.45, 7) is 8.79. The molecule has 4 nitrogen and oxygen atoms in total. The Morgan fingerprint density at radius 1 is 0.962 bits per heavy atom. The molecule has 4 heteroatoms. The first kappa shape index (κ1) is 19.1. The molecule has 1 aliphatic heterocycles. The molecule has 1 saturated heterocycles. The highest BCUT2D eigenvalue weighted by atomic mass is 16.3. The van der Waals surface area contributed by atoms with Crippen LogP contribution in [0.3, 0.4) is 0 Å². The molecule has 0 aliphatic carbocycles. The zero-order valence-electron chi connectivity index (χ0n) is 16.0. The maximum absolute atomic E-state index is 9.28. The van der Waals surface area contributed by atoms with Gasteiger partial charge in [-0.25, -0.2) is 0 Å². The average Bonchev–Trinajstić information content (AvgIpc) is 2.69. The van der Waals surface area contributed by atoms with E-state index in [9.17, 15) is 5.11 Å². The Morgan fingerprint density at radius 2 is 1.65 bits per heavy atom. The number of hydrogen-bond donors (Lipinski definition) is 2. The second-order valence-electron chi connectivity index (χ2n) is 7.40. The third kappa shape index (κ3) is 5.39. The first-order valence-electron chi connectivity index (χ1n) is 9.56. The van der Waals surface area contributed by atoms with E-state index in [2.05, 4.69) is 65.5 Å². The molecule has 1 atom stereocenters. The van der Waals surface area contributed by atoms with Crippen molar-refractivity contribution in [1.29, 1.82) is 0 Å². The van der Waals surface area contributed by atoms with Crippen LogP contribution in [0.1, 0.15) is 35.2 Å². The van der Waals surface area contributed by atoms with Crippen molar-refractivity contribution in [3.8, 4) is 0 Å². The molecule has 3 rings (SSSR count). The van der Waals surface area contributed by atoms with Crippen LogP contribution >= 0.6 is 0 Å². The summed E-state index contributed by atoms with van der Waals surface area (Å²) in [5.41, 5.74) is 4.87. The Bertz CT molecular complexity index is 678. The predicted octanol–water partition coefficient (Wildman–Crippen LogP) is 2.78. The second-order valence-corrected chi connectivity index (χ2v) is 7.40. The number of piperazine rings is 1. The van der Waals surface area contributed by atoms with Crippen LogP contribution in [0, 0.1) is 0 Å². The van der Waals surface area contributed by atoms with Crippen molar-refractivity contribution in [1.82, 2.24) is 15.1 Å². The Balaban J connectivity index is 1.49. The third-order valence-corrected chi connectivity index (χ3v) is 5.27. The molecule has 0 radical (unpaired) electrons. The van der Waals surface area contributed by atoms with Crippen LogP contribution in [-0.4, -0.2) is 48.1 Å². The molecule has 26 heavy (non-hydrogen) atoms. The molecule has 1 aliphatic rings. The summed E-state index contributed by atoms with van der Waals surface area (Å²) >= 11 is 0. The van der Waals surface area contributed by atoms with Crippen molar-refractivity contribution in [3.63, 3.8) is 0 Å². The molecular formula is C22H31N3O. The molecule has 2 N–H and O–H groups in total. The van der Waals surface area contributed by atoms with Crippen molar-refractivity contribution in [3.05, 3.63) is 70.8 Å². The molecule has 0 bridgehead atoms. The number of nitrogens with one attached hydrogen (secondary N) is 1. The minimum absolute atomic E-state index is 0.0926. The lowest BCUT2D eigenvalue weighted by Crippen LogP contribution is -2.43. The monoisotopic (exact) mass is 353 g/mol. The minimum Gasteiger partial charge on any atom is -0.392 e. The van der Waals surface area contributed by atoms with Crippen molar-refractivity contribution >= 4 is 0 Å². The summed E-state index contributed by atoms with van der Waals surface area (Å²) in [5.74, 6) is 0. The zero-order chi connectivity index (χ0) is 18.4. The largest absolute Gasteiger partial charge is 0.392 e. The molecule has 1 fully saturated rings. The molecular weight excluding hydrogens is 322 g/mol. The first-order chi connectivity index (χ1) is 12.6.